The van der Waals surface area contributed by atoms with E-state index in [9.17, 15) is 4.79 Å². The van der Waals surface area contributed by atoms with Gasteiger partial charge in [-0.05, 0) is 49.3 Å². The number of aryl methyl sites for hydroxylation is 2. The average molecular weight is 342 g/mol. The Balaban J connectivity index is 1.37. The molecule has 1 aromatic heterocycles. The number of methoxy groups -OCH3 is 1. The summed E-state index contributed by atoms with van der Waals surface area (Å²) >= 11 is 0. The van der Waals surface area contributed by atoms with Crippen LogP contribution in [0.3, 0.4) is 0 Å². The third-order valence-electron chi connectivity index (χ3n) is 4.99. The summed E-state index contributed by atoms with van der Waals surface area (Å²) in [5.41, 5.74) is 1.35. The predicted octanol–water partition coefficient (Wildman–Crippen LogP) is 2.55. The Morgan fingerprint density at radius 2 is 2.00 bits per heavy atom. The van der Waals surface area contributed by atoms with Gasteiger partial charge >= 0.3 is 0 Å². The molecule has 0 saturated carbocycles. The van der Waals surface area contributed by atoms with Crippen LogP contribution in [0.1, 0.15) is 31.2 Å². The van der Waals surface area contributed by atoms with Crippen LogP contribution >= 0.6 is 0 Å². The molecule has 1 saturated heterocycles. The van der Waals surface area contributed by atoms with Crippen molar-refractivity contribution in [2.75, 3.05) is 20.2 Å². The molecule has 1 aliphatic rings. The standard InChI is InChI=1S/C19H26N4O2/c1-25-18-6-4-16(5-7-18)2-3-17-8-11-22(12-9-17)19(24)10-13-23-15-20-14-21-23/h4-7,14-15,17H,2-3,8-13H2,1H3. The number of amides is 1. The van der Waals surface area contributed by atoms with Crippen LogP contribution < -0.4 is 4.74 Å². The number of likely N-dealkylation sites (tertiary alicyclic amines) is 1. The number of carbonyl (C=O) groups is 1. The van der Waals surface area contributed by atoms with Crippen LogP contribution in [-0.4, -0.2) is 45.8 Å². The van der Waals surface area contributed by atoms with E-state index in [1.54, 1.807) is 18.1 Å². The third-order valence-corrected chi connectivity index (χ3v) is 4.99. The number of hydrogen-bond donors (Lipinski definition) is 0. The van der Waals surface area contributed by atoms with Gasteiger partial charge in [-0.25, -0.2) is 4.98 Å². The quantitative estimate of drug-likeness (QED) is 0.776. The summed E-state index contributed by atoms with van der Waals surface area (Å²) in [4.78, 5) is 18.2. The third kappa shape index (κ3) is 5.05. The van der Waals surface area contributed by atoms with Gasteiger partial charge in [-0.2, -0.15) is 5.10 Å². The van der Waals surface area contributed by atoms with Crippen molar-refractivity contribution in [3.05, 3.63) is 42.5 Å². The van der Waals surface area contributed by atoms with Crippen LogP contribution in [-0.2, 0) is 17.8 Å². The van der Waals surface area contributed by atoms with Gasteiger partial charge in [0.15, 0.2) is 0 Å². The Hall–Kier alpha value is -2.37. The normalized spacial score (nSPS) is 15.3. The van der Waals surface area contributed by atoms with Crippen LogP contribution in [0.4, 0.5) is 0 Å². The Labute approximate surface area is 148 Å². The molecular weight excluding hydrogens is 316 g/mol. The van der Waals surface area contributed by atoms with Gasteiger partial charge in [0.05, 0.1) is 13.7 Å². The summed E-state index contributed by atoms with van der Waals surface area (Å²) in [6.07, 6.45) is 8.13. The lowest BCUT2D eigenvalue weighted by Gasteiger charge is -2.32. The zero-order chi connectivity index (χ0) is 17.5. The van der Waals surface area contributed by atoms with E-state index in [4.69, 9.17) is 4.74 Å². The van der Waals surface area contributed by atoms with E-state index in [0.717, 1.165) is 38.1 Å². The summed E-state index contributed by atoms with van der Waals surface area (Å²) in [5, 5.41) is 4.04. The lowest BCUT2D eigenvalue weighted by atomic mass is 9.90. The molecular formula is C19H26N4O2. The van der Waals surface area contributed by atoms with Crippen LogP contribution in [0, 0.1) is 5.92 Å². The smallest absolute Gasteiger partial charge is 0.224 e. The molecule has 0 N–H and O–H groups in total. The second-order valence-corrected chi connectivity index (χ2v) is 6.62. The van der Waals surface area contributed by atoms with Gasteiger partial charge in [0.2, 0.25) is 5.91 Å². The summed E-state index contributed by atoms with van der Waals surface area (Å²) < 4.78 is 6.90. The van der Waals surface area contributed by atoms with Gasteiger partial charge in [-0.1, -0.05) is 12.1 Å². The number of aromatic nitrogens is 3. The topological polar surface area (TPSA) is 60.2 Å². The van der Waals surface area contributed by atoms with Gasteiger partial charge in [0.1, 0.15) is 18.4 Å². The summed E-state index contributed by atoms with van der Waals surface area (Å²) in [5.74, 6) is 1.84. The summed E-state index contributed by atoms with van der Waals surface area (Å²) in [6, 6.07) is 8.32. The van der Waals surface area contributed by atoms with E-state index < -0.39 is 0 Å². The molecule has 2 heterocycles. The first-order valence-electron chi connectivity index (χ1n) is 8.97. The van der Waals surface area contributed by atoms with Crippen molar-refractivity contribution in [3.63, 3.8) is 0 Å². The molecule has 0 spiro atoms. The lowest BCUT2D eigenvalue weighted by Crippen LogP contribution is -2.38. The molecule has 2 aromatic rings. The molecule has 0 unspecified atom stereocenters. The Bertz CT molecular complexity index is 647. The van der Waals surface area contributed by atoms with Crippen LogP contribution in [0.2, 0.25) is 0 Å². The van der Waals surface area contributed by atoms with Crippen LogP contribution in [0.5, 0.6) is 5.75 Å². The average Bonchev–Trinajstić information content (AvgIpc) is 3.19. The number of nitrogens with zero attached hydrogens (tertiary/aromatic N) is 4. The van der Waals surface area contributed by atoms with E-state index in [0.29, 0.717) is 18.9 Å². The van der Waals surface area contributed by atoms with Gasteiger partial charge in [-0.3, -0.25) is 9.48 Å². The van der Waals surface area contributed by atoms with Gasteiger partial charge in [0, 0.05) is 19.5 Å². The van der Waals surface area contributed by atoms with E-state index in [1.807, 2.05) is 17.0 Å². The summed E-state index contributed by atoms with van der Waals surface area (Å²) in [7, 11) is 1.69. The highest BCUT2D eigenvalue weighted by molar-refractivity contribution is 5.76. The zero-order valence-electron chi connectivity index (χ0n) is 14.8. The number of piperidine rings is 1. The van der Waals surface area contributed by atoms with E-state index >= 15 is 0 Å². The van der Waals surface area contributed by atoms with Gasteiger partial charge < -0.3 is 9.64 Å². The monoisotopic (exact) mass is 342 g/mol. The van der Waals surface area contributed by atoms with Crippen molar-refractivity contribution in [2.45, 2.75) is 38.6 Å². The SMILES string of the molecule is COc1ccc(CCC2CCN(C(=O)CCn3cncn3)CC2)cc1. The van der Waals surface area contributed by atoms with Crippen molar-refractivity contribution in [1.29, 1.82) is 0 Å². The molecule has 6 nitrogen and oxygen atoms in total. The fourth-order valence-corrected chi connectivity index (χ4v) is 3.35. The first-order valence-corrected chi connectivity index (χ1v) is 8.97. The highest BCUT2D eigenvalue weighted by Gasteiger charge is 2.22. The van der Waals surface area contributed by atoms with Crippen molar-refractivity contribution >= 4 is 5.91 Å². The maximum absolute atomic E-state index is 12.3. The van der Waals surface area contributed by atoms with Crippen LogP contribution in [0.15, 0.2) is 36.9 Å². The fraction of sp³-hybridized carbons (Fsp3) is 0.526. The largest absolute Gasteiger partial charge is 0.497 e. The molecule has 1 amide bonds. The maximum atomic E-state index is 12.3. The minimum atomic E-state index is 0.226. The van der Waals surface area contributed by atoms with Crippen molar-refractivity contribution in [1.82, 2.24) is 19.7 Å². The number of carbonyl (C=O) groups excluding carboxylic acids is 1. The number of ether oxygens (including phenoxy) is 1. The fourth-order valence-electron chi connectivity index (χ4n) is 3.35. The molecule has 0 atom stereocenters. The second-order valence-electron chi connectivity index (χ2n) is 6.62. The molecule has 0 aliphatic carbocycles. The zero-order valence-corrected chi connectivity index (χ0v) is 14.8. The number of rotatable bonds is 7. The number of benzene rings is 1. The van der Waals surface area contributed by atoms with Crippen LogP contribution in [0.25, 0.3) is 0 Å². The molecule has 25 heavy (non-hydrogen) atoms. The second kappa shape index (κ2) is 8.65. The molecule has 0 bridgehead atoms. The van der Waals surface area contributed by atoms with E-state index in [2.05, 4.69) is 22.2 Å². The molecule has 6 heteroatoms. The molecule has 1 aliphatic heterocycles. The molecule has 0 radical (unpaired) electrons. The number of hydrogen-bond acceptors (Lipinski definition) is 4. The molecule has 134 valence electrons. The molecule has 3 rings (SSSR count). The highest BCUT2D eigenvalue weighted by atomic mass is 16.5. The Morgan fingerprint density at radius 3 is 2.64 bits per heavy atom. The summed E-state index contributed by atoms with van der Waals surface area (Å²) in [6.45, 7) is 2.36. The Kier molecular flexibility index (Phi) is 6.04. The Morgan fingerprint density at radius 1 is 1.24 bits per heavy atom. The van der Waals surface area contributed by atoms with Gasteiger partial charge in [-0.15, -0.1) is 0 Å². The van der Waals surface area contributed by atoms with Crippen molar-refractivity contribution in [3.8, 4) is 5.75 Å². The minimum absolute atomic E-state index is 0.226. The highest BCUT2D eigenvalue weighted by Crippen LogP contribution is 2.23. The first kappa shape index (κ1) is 17.5. The van der Waals surface area contributed by atoms with Gasteiger partial charge in [0.25, 0.3) is 0 Å². The predicted molar refractivity (Wildman–Crippen MR) is 95.3 cm³/mol. The minimum Gasteiger partial charge on any atom is -0.497 e. The molecule has 1 aromatic carbocycles. The van der Waals surface area contributed by atoms with E-state index in [1.165, 1.54) is 18.3 Å². The van der Waals surface area contributed by atoms with E-state index in [-0.39, 0.29) is 5.91 Å². The first-order chi connectivity index (χ1) is 12.2. The molecule has 1 fully saturated rings. The maximum Gasteiger partial charge on any atom is 0.224 e. The van der Waals surface area contributed by atoms with Crippen molar-refractivity contribution < 1.29 is 9.53 Å². The van der Waals surface area contributed by atoms with Crippen molar-refractivity contribution in [2.24, 2.45) is 5.92 Å². The lowest BCUT2D eigenvalue weighted by molar-refractivity contribution is -0.132.